The number of nitrogens with one attached hydrogen (secondary N) is 1. The van der Waals surface area contributed by atoms with E-state index in [0.29, 0.717) is 31.3 Å². The fourth-order valence-electron chi connectivity index (χ4n) is 5.07. The summed E-state index contributed by atoms with van der Waals surface area (Å²) >= 11 is 0. The molecule has 1 saturated heterocycles. The van der Waals surface area contributed by atoms with Gasteiger partial charge in [-0.15, -0.1) is 0 Å². The molecule has 4 heterocycles. The first kappa shape index (κ1) is 23.6. The van der Waals surface area contributed by atoms with Crippen LogP contribution in [-0.4, -0.2) is 69.2 Å². The van der Waals surface area contributed by atoms with Crippen LogP contribution in [0.3, 0.4) is 0 Å². The zero-order valence-corrected chi connectivity index (χ0v) is 20.4. The molecule has 10 heteroatoms. The number of amides is 2. The van der Waals surface area contributed by atoms with Gasteiger partial charge in [0.15, 0.2) is 5.69 Å². The van der Waals surface area contributed by atoms with Crippen molar-refractivity contribution >= 4 is 23.1 Å². The molecule has 10 nitrogen and oxygen atoms in total. The minimum atomic E-state index is -0.628. The maximum atomic E-state index is 12.5. The number of nitrogens with zero attached hydrogens (tertiary/aromatic N) is 5. The van der Waals surface area contributed by atoms with Crippen LogP contribution in [-0.2, 0) is 9.53 Å². The SMILES string of the molecule is C=CC(=O)N1C[C@@H](n2nc(C#Cc3ccc(C4CC4)c4cncn34)c(C(N)=O)c2NC)C[C@@H]1COC. The summed E-state index contributed by atoms with van der Waals surface area (Å²) in [5.41, 5.74) is 9.33. The highest BCUT2D eigenvalue weighted by molar-refractivity contribution is 6.00. The molecule has 5 rings (SSSR count). The van der Waals surface area contributed by atoms with Gasteiger partial charge in [-0.3, -0.25) is 14.0 Å². The Morgan fingerprint density at radius 1 is 1.33 bits per heavy atom. The minimum Gasteiger partial charge on any atom is -0.383 e. The van der Waals surface area contributed by atoms with Crippen LogP contribution in [0.25, 0.3) is 5.52 Å². The second kappa shape index (κ2) is 9.51. The molecule has 0 radical (unpaired) electrons. The lowest BCUT2D eigenvalue weighted by Gasteiger charge is -2.22. The number of anilines is 1. The van der Waals surface area contributed by atoms with Crippen LogP contribution in [0, 0.1) is 11.8 Å². The topological polar surface area (TPSA) is 120 Å². The minimum absolute atomic E-state index is 0.134. The molecule has 1 saturated carbocycles. The number of pyridine rings is 1. The lowest BCUT2D eigenvalue weighted by molar-refractivity contribution is -0.127. The molecule has 36 heavy (non-hydrogen) atoms. The molecule has 2 atom stereocenters. The molecule has 0 unspecified atom stereocenters. The van der Waals surface area contributed by atoms with Crippen LogP contribution in [0.2, 0.25) is 0 Å². The van der Waals surface area contributed by atoms with Crippen molar-refractivity contribution in [2.24, 2.45) is 5.73 Å². The average Bonchev–Trinajstić information content (AvgIpc) is 3.28. The zero-order chi connectivity index (χ0) is 25.4. The summed E-state index contributed by atoms with van der Waals surface area (Å²) in [6.07, 6.45) is 7.89. The Kier molecular flexibility index (Phi) is 6.24. The van der Waals surface area contributed by atoms with Crippen LogP contribution in [0.4, 0.5) is 5.82 Å². The maximum Gasteiger partial charge on any atom is 0.255 e. The highest BCUT2D eigenvalue weighted by Gasteiger charge is 2.37. The summed E-state index contributed by atoms with van der Waals surface area (Å²) in [6, 6.07) is 3.75. The van der Waals surface area contributed by atoms with E-state index in [1.54, 1.807) is 30.1 Å². The predicted octanol–water partition coefficient (Wildman–Crippen LogP) is 1.92. The van der Waals surface area contributed by atoms with Gasteiger partial charge in [-0.1, -0.05) is 12.6 Å². The van der Waals surface area contributed by atoms with Crippen molar-refractivity contribution in [2.45, 2.75) is 37.3 Å². The van der Waals surface area contributed by atoms with Gasteiger partial charge in [-0.2, -0.15) is 5.10 Å². The molecule has 2 fully saturated rings. The molecule has 3 N–H and O–H groups in total. The number of rotatable bonds is 7. The Labute approximate surface area is 209 Å². The van der Waals surface area contributed by atoms with Crippen molar-refractivity contribution in [3.05, 3.63) is 59.8 Å². The maximum absolute atomic E-state index is 12.5. The van der Waals surface area contributed by atoms with Crippen molar-refractivity contribution in [1.82, 2.24) is 24.1 Å². The van der Waals surface area contributed by atoms with Crippen LogP contribution in [0.15, 0.2) is 37.3 Å². The Balaban J connectivity index is 1.53. The summed E-state index contributed by atoms with van der Waals surface area (Å²) in [7, 11) is 3.31. The van der Waals surface area contributed by atoms with E-state index < -0.39 is 5.91 Å². The van der Waals surface area contributed by atoms with Crippen LogP contribution < -0.4 is 11.1 Å². The molecule has 0 spiro atoms. The smallest absolute Gasteiger partial charge is 0.255 e. The second-order valence-electron chi connectivity index (χ2n) is 9.17. The molecular formula is C26H29N7O3. The van der Waals surface area contributed by atoms with Gasteiger partial charge in [0.2, 0.25) is 5.91 Å². The van der Waals surface area contributed by atoms with E-state index in [9.17, 15) is 9.59 Å². The van der Waals surface area contributed by atoms with E-state index in [0.717, 1.165) is 11.2 Å². The van der Waals surface area contributed by atoms with Crippen molar-refractivity contribution in [3.63, 3.8) is 0 Å². The van der Waals surface area contributed by atoms with E-state index in [1.807, 2.05) is 16.7 Å². The number of aromatic nitrogens is 4. The van der Waals surface area contributed by atoms with E-state index in [-0.39, 0.29) is 29.2 Å². The number of fused-ring (bicyclic) bond motifs is 1. The Hall–Kier alpha value is -4.10. The summed E-state index contributed by atoms with van der Waals surface area (Å²) in [5.74, 6) is 6.47. The fraction of sp³-hybridized carbons (Fsp3) is 0.385. The first-order chi connectivity index (χ1) is 17.5. The average molecular weight is 488 g/mol. The zero-order valence-electron chi connectivity index (χ0n) is 20.4. The highest BCUT2D eigenvalue weighted by atomic mass is 16.5. The number of methoxy groups -OCH3 is 1. The van der Waals surface area contributed by atoms with Gasteiger partial charge < -0.3 is 20.7 Å². The van der Waals surface area contributed by atoms with Crippen molar-refractivity contribution in [3.8, 4) is 11.8 Å². The third-order valence-corrected chi connectivity index (χ3v) is 6.89. The summed E-state index contributed by atoms with van der Waals surface area (Å²) in [6.45, 7) is 4.40. The normalized spacial score (nSPS) is 19.2. The summed E-state index contributed by atoms with van der Waals surface area (Å²) in [5, 5.41) is 7.75. The number of hydrogen-bond donors (Lipinski definition) is 2. The molecule has 2 amide bonds. The lowest BCUT2D eigenvalue weighted by atomic mass is 10.1. The molecule has 3 aromatic heterocycles. The first-order valence-corrected chi connectivity index (χ1v) is 12.0. The lowest BCUT2D eigenvalue weighted by Crippen LogP contribution is -2.37. The Bertz CT molecular complexity index is 1410. The van der Waals surface area contributed by atoms with Crippen LogP contribution >= 0.6 is 0 Å². The Morgan fingerprint density at radius 2 is 2.14 bits per heavy atom. The number of hydrogen-bond acceptors (Lipinski definition) is 6. The van der Waals surface area contributed by atoms with Gasteiger partial charge in [0.05, 0.1) is 36.1 Å². The van der Waals surface area contributed by atoms with Crippen molar-refractivity contribution in [1.29, 1.82) is 0 Å². The van der Waals surface area contributed by atoms with Gasteiger partial charge in [-0.25, -0.2) is 9.67 Å². The molecule has 1 aliphatic heterocycles. The van der Waals surface area contributed by atoms with Crippen LogP contribution in [0.5, 0.6) is 0 Å². The van der Waals surface area contributed by atoms with Gasteiger partial charge in [0.1, 0.15) is 17.7 Å². The molecular weight excluding hydrogens is 458 g/mol. The van der Waals surface area contributed by atoms with E-state index >= 15 is 0 Å². The quantitative estimate of drug-likeness (QED) is 0.388. The number of carbonyl (C=O) groups excluding carboxylic acids is 2. The first-order valence-electron chi connectivity index (χ1n) is 12.0. The predicted molar refractivity (Wildman–Crippen MR) is 135 cm³/mol. The van der Waals surface area contributed by atoms with E-state index in [1.165, 1.54) is 24.5 Å². The fourth-order valence-corrected chi connectivity index (χ4v) is 5.07. The van der Waals surface area contributed by atoms with Crippen LogP contribution in [0.1, 0.15) is 58.5 Å². The molecule has 1 aliphatic carbocycles. The van der Waals surface area contributed by atoms with Gasteiger partial charge in [0, 0.05) is 20.7 Å². The number of imidazole rings is 1. The second-order valence-corrected chi connectivity index (χ2v) is 9.17. The number of primary amides is 1. The number of ether oxygens (including phenoxy) is 1. The van der Waals surface area contributed by atoms with E-state index in [2.05, 4.69) is 39.9 Å². The molecule has 0 aromatic carbocycles. The molecule has 0 bridgehead atoms. The third kappa shape index (κ3) is 4.12. The third-order valence-electron chi connectivity index (χ3n) is 6.89. The molecule has 2 aliphatic rings. The van der Waals surface area contributed by atoms with Crippen molar-refractivity contribution < 1.29 is 14.3 Å². The summed E-state index contributed by atoms with van der Waals surface area (Å²) in [4.78, 5) is 30.9. The van der Waals surface area contributed by atoms with E-state index in [4.69, 9.17) is 10.5 Å². The molecule has 3 aromatic rings. The standard InChI is InChI=1S/C26H29N7O3/c1-4-23(34)31-13-18(11-19(31)14-36-3)33-26(28-2)24(25(27)35)21(30-33)10-8-17-7-9-20(16-5-6-16)22-12-29-15-32(17)22/h4,7,9,12,15-16,18-19,28H,1,5-6,11,13-14H2,2-3H3,(H2,27,35)/t18-,19+/m0/s1. The number of likely N-dealkylation sites (tertiary alicyclic amines) is 1. The van der Waals surface area contributed by atoms with Gasteiger partial charge in [0.25, 0.3) is 5.91 Å². The number of carbonyl (C=O) groups is 2. The van der Waals surface area contributed by atoms with Crippen molar-refractivity contribution in [2.75, 3.05) is 32.6 Å². The van der Waals surface area contributed by atoms with Gasteiger partial charge in [-0.05, 0) is 54.7 Å². The van der Waals surface area contributed by atoms with Gasteiger partial charge >= 0.3 is 0 Å². The number of nitrogens with two attached hydrogens (primary N) is 1. The summed E-state index contributed by atoms with van der Waals surface area (Å²) < 4.78 is 9.00. The monoisotopic (exact) mass is 487 g/mol. The Morgan fingerprint density at radius 3 is 2.81 bits per heavy atom. The highest BCUT2D eigenvalue weighted by Crippen LogP contribution is 2.42. The largest absolute Gasteiger partial charge is 0.383 e. The molecule has 186 valence electrons.